The summed E-state index contributed by atoms with van der Waals surface area (Å²) in [4.78, 5) is 6.63. The molecule has 0 aliphatic heterocycles. The van der Waals surface area contributed by atoms with Crippen LogP contribution in [-0.2, 0) is 6.54 Å². The average molecular weight is 308 g/mol. The quantitative estimate of drug-likeness (QED) is 0.887. The number of rotatable bonds is 6. The number of likely N-dealkylation sites (N-methyl/N-ethyl adjacent to an activating group) is 1. The van der Waals surface area contributed by atoms with Gasteiger partial charge in [0.1, 0.15) is 6.07 Å². The van der Waals surface area contributed by atoms with E-state index in [1.165, 1.54) is 5.56 Å². The molecule has 1 atom stereocenters. The second-order valence-electron chi connectivity index (χ2n) is 6.11. The maximum atomic E-state index is 9.34. The van der Waals surface area contributed by atoms with E-state index in [1.54, 1.807) is 0 Å². The van der Waals surface area contributed by atoms with Gasteiger partial charge in [-0.05, 0) is 39.4 Å². The second kappa shape index (κ2) is 7.75. The Morgan fingerprint density at radius 3 is 2.61 bits per heavy atom. The molecule has 23 heavy (non-hydrogen) atoms. The van der Waals surface area contributed by atoms with Gasteiger partial charge in [0.2, 0.25) is 0 Å². The van der Waals surface area contributed by atoms with Gasteiger partial charge < -0.3 is 10.2 Å². The largest absolute Gasteiger partial charge is 0.380 e. The summed E-state index contributed by atoms with van der Waals surface area (Å²) in [5.41, 5.74) is 4.51. The van der Waals surface area contributed by atoms with Crippen LogP contribution in [-0.4, -0.2) is 29.5 Å². The van der Waals surface area contributed by atoms with Crippen molar-refractivity contribution >= 4 is 5.69 Å². The SMILES string of the molecule is Cc1cc(NC(C)CN(C)Cc2ccccc2)c(C#N)c(C)n1. The van der Waals surface area contributed by atoms with Crippen LogP contribution in [0.15, 0.2) is 36.4 Å². The van der Waals surface area contributed by atoms with Gasteiger partial charge in [0.05, 0.1) is 16.9 Å². The molecule has 1 unspecified atom stereocenters. The number of aromatic nitrogens is 1. The van der Waals surface area contributed by atoms with E-state index in [4.69, 9.17) is 0 Å². The van der Waals surface area contributed by atoms with Crippen LogP contribution in [0.2, 0.25) is 0 Å². The predicted molar refractivity (Wildman–Crippen MR) is 94.3 cm³/mol. The number of nitriles is 1. The molecule has 1 N–H and O–H groups in total. The standard InChI is InChI=1S/C19H24N4/c1-14-10-19(18(11-20)16(3)21-14)22-15(2)12-23(4)13-17-8-6-5-7-9-17/h5-10,15H,12-13H2,1-4H3,(H,21,22). The van der Waals surface area contributed by atoms with E-state index in [2.05, 4.69) is 59.5 Å². The number of benzene rings is 1. The van der Waals surface area contributed by atoms with E-state index in [0.29, 0.717) is 5.56 Å². The number of nitrogens with one attached hydrogen (secondary N) is 1. The Bertz CT molecular complexity index is 689. The molecular formula is C19H24N4. The molecule has 1 aromatic carbocycles. The van der Waals surface area contributed by atoms with Crippen molar-refractivity contribution in [3.8, 4) is 6.07 Å². The molecule has 0 saturated heterocycles. The summed E-state index contributed by atoms with van der Waals surface area (Å²) in [5, 5.41) is 12.8. The summed E-state index contributed by atoms with van der Waals surface area (Å²) in [5.74, 6) is 0. The van der Waals surface area contributed by atoms with Crippen molar-refractivity contribution in [3.63, 3.8) is 0 Å². The van der Waals surface area contributed by atoms with Gasteiger partial charge in [-0.1, -0.05) is 30.3 Å². The van der Waals surface area contributed by atoms with Crippen molar-refractivity contribution in [1.29, 1.82) is 5.26 Å². The Morgan fingerprint density at radius 2 is 1.96 bits per heavy atom. The smallest absolute Gasteiger partial charge is 0.103 e. The molecule has 1 heterocycles. The lowest BCUT2D eigenvalue weighted by Gasteiger charge is -2.23. The molecule has 120 valence electrons. The first-order chi connectivity index (χ1) is 11.0. The van der Waals surface area contributed by atoms with Crippen molar-refractivity contribution in [2.75, 3.05) is 18.9 Å². The first-order valence-corrected chi connectivity index (χ1v) is 7.87. The van der Waals surface area contributed by atoms with E-state index in [0.717, 1.165) is 30.2 Å². The van der Waals surface area contributed by atoms with Crippen LogP contribution in [0.25, 0.3) is 0 Å². The van der Waals surface area contributed by atoms with Crippen LogP contribution < -0.4 is 5.32 Å². The highest BCUT2D eigenvalue weighted by molar-refractivity contribution is 5.60. The normalized spacial score (nSPS) is 12.0. The number of hydrogen-bond acceptors (Lipinski definition) is 4. The van der Waals surface area contributed by atoms with Crippen molar-refractivity contribution in [1.82, 2.24) is 9.88 Å². The fourth-order valence-corrected chi connectivity index (χ4v) is 2.82. The Balaban J connectivity index is 2.00. The maximum Gasteiger partial charge on any atom is 0.103 e. The minimum absolute atomic E-state index is 0.233. The predicted octanol–water partition coefficient (Wildman–Crippen LogP) is 3.50. The third-order valence-corrected chi connectivity index (χ3v) is 3.72. The van der Waals surface area contributed by atoms with Crippen LogP contribution in [0, 0.1) is 25.2 Å². The number of hydrogen-bond donors (Lipinski definition) is 1. The number of aryl methyl sites for hydroxylation is 2. The van der Waals surface area contributed by atoms with E-state index in [-0.39, 0.29) is 6.04 Å². The third-order valence-electron chi connectivity index (χ3n) is 3.72. The highest BCUT2D eigenvalue weighted by Crippen LogP contribution is 2.19. The number of pyridine rings is 1. The first-order valence-electron chi connectivity index (χ1n) is 7.87. The highest BCUT2D eigenvalue weighted by atomic mass is 15.1. The van der Waals surface area contributed by atoms with E-state index < -0.39 is 0 Å². The number of anilines is 1. The van der Waals surface area contributed by atoms with E-state index in [9.17, 15) is 5.26 Å². The van der Waals surface area contributed by atoms with Crippen molar-refractivity contribution in [3.05, 3.63) is 58.9 Å². The molecule has 0 bridgehead atoms. The van der Waals surface area contributed by atoms with Crippen LogP contribution >= 0.6 is 0 Å². The van der Waals surface area contributed by atoms with Gasteiger partial charge in [-0.15, -0.1) is 0 Å². The molecule has 0 radical (unpaired) electrons. The number of nitrogens with zero attached hydrogens (tertiary/aromatic N) is 3. The van der Waals surface area contributed by atoms with Crippen molar-refractivity contribution in [2.24, 2.45) is 0 Å². The van der Waals surface area contributed by atoms with Gasteiger partial charge >= 0.3 is 0 Å². The molecule has 0 amide bonds. The van der Waals surface area contributed by atoms with Crippen molar-refractivity contribution < 1.29 is 0 Å². The van der Waals surface area contributed by atoms with Crippen LogP contribution in [0.3, 0.4) is 0 Å². The Kier molecular flexibility index (Phi) is 5.72. The minimum atomic E-state index is 0.233. The molecule has 0 aliphatic carbocycles. The van der Waals surface area contributed by atoms with Gasteiger partial charge in [0, 0.05) is 24.8 Å². The summed E-state index contributed by atoms with van der Waals surface area (Å²) in [6.45, 7) is 7.76. The molecule has 4 nitrogen and oxygen atoms in total. The van der Waals surface area contributed by atoms with Gasteiger partial charge in [-0.3, -0.25) is 4.98 Å². The van der Waals surface area contributed by atoms with Crippen molar-refractivity contribution in [2.45, 2.75) is 33.4 Å². The van der Waals surface area contributed by atoms with Gasteiger partial charge in [-0.25, -0.2) is 0 Å². The topological polar surface area (TPSA) is 52.0 Å². The molecule has 0 aliphatic rings. The lowest BCUT2D eigenvalue weighted by Crippen LogP contribution is -2.32. The minimum Gasteiger partial charge on any atom is -0.380 e. The molecular weight excluding hydrogens is 284 g/mol. The zero-order chi connectivity index (χ0) is 16.8. The Labute approximate surface area is 138 Å². The van der Waals surface area contributed by atoms with Crippen LogP contribution in [0.4, 0.5) is 5.69 Å². The third kappa shape index (κ3) is 4.80. The Hall–Kier alpha value is -2.38. The maximum absolute atomic E-state index is 9.34. The lowest BCUT2D eigenvalue weighted by molar-refractivity contribution is 0.316. The average Bonchev–Trinajstić information content (AvgIpc) is 2.47. The summed E-state index contributed by atoms with van der Waals surface area (Å²) < 4.78 is 0. The summed E-state index contributed by atoms with van der Waals surface area (Å²) >= 11 is 0. The second-order valence-corrected chi connectivity index (χ2v) is 6.11. The van der Waals surface area contributed by atoms with Crippen LogP contribution in [0.5, 0.6) is 0 Å². The molecule has 0 fully saturated rings. The van der Waals surface area contributed by atoms with E-state index in [1.807, 2.05) is 26.0 Å². The van der Waals surface area contributed by atoms with Gasteiger partial charge in [0.15, 0.2) is 0 Å². The highest BCUT2D eigenvalue weighted by Gasteiger charge is 2.12. The van der Waals surface area contributed by atoms with Gasteiger partial charge in [0.25, 0.3) is 0 Å². The molecule has 4 heteroatoms. The summed E-state index contributed by atoms with van der Waals surface area (Å²) in [6, 6.07) is 14.9. The molecule has 2 aromatic rings. The first kappa shape index (κ1) is 17.0. The van der Waals surface area contributed by atoms with Gasteiger partial charge in [-0.2, -0.15) is 5.26 Å². The summed E-state index contributed by atoms with van der Waals surface area (Å²) in [6.07, 6.45) is 0. The monoisotopic (exact) mass is 308 g/mol. The molecule has 0 saturated carbocycles. The van der Waals surface area contributed by atoms with E-state index >= 15 is 0 Å². The summed E-state index contributed by atoms with van der Waals surface area (Å²) in [7, 11) is 2.11. The zero-order valence-electron chi connectivity index (χ0n) is 14.3. The fraction of sp³-hybridized carbons (Fsp3) is 0.368. The van der Waals surface area contributed by atoms with Crippen LogP contribution in [0.1, 0.15) is 29.4 Å². The molecule has 2 rings (SSSR count). The lowest BCUT2D eigenvalue weighted by atomic mass is 10.1. The Morgan fingerprint density at radius 1 is 1.26 bits per heavy atom. The zero-order valence-corrected chi connectivity index (χ0v) is 14.3. The molecule has 1 aromatic heterocycles. The fourth-order valence-electron chi connectivity index (χ4n) is 2.82. The molecule has 0 spiro atoms.